The average Bonchev–Trinajstić information content (AvgIpc) is 1.37. The molecule has 2 aromatic rings. The summed E-state index contributed by atoms with van der Waals surface area (Å²) in [4.78, 5) is 206. The summed E-state index contributed by atoms with van der Waals surface area (Å²) < 4.78 is 0. The van der Waals surface area contributed by atoms with Gasteiger partial charge in [0.1, 0.15) is 60.4 Å². The number of carboxylic acid groups (broad SMARTS) is 3. The van der Waals surface area contributed by atoms with Crippen LogP contribution in [0.4, 0.5) is 0 Å². The lowest BCUT2D eigenvalue weighted by molar-refractivity contribution is -0.143. The molecule has 15 unspecified atom stereocenters. The fourth-order valence-electron chi connectivity index (χ4n) is 10.9. The van der Waals surface area contributed by atoms with Gasteiger partial charge in [-0.1, -0.05) is 105 Å². The Labute approximate surface area is 585 Å². The van der Waals surface area contributed by atoms with Crippen LogP contribution in [0, 0.1) is 23.7 Å². The highest BCUT2D eigenvalue weighted by Crippen LogP contribution is 2.25. The van der Waals surface area contributed by atoms with E-state index >= 15 is 0 Å². The number of imidazole rings is 1. The number of amides is 11. The molecule has 4 rings (SSSR count). The SMILES string of the molecule is CCC(C)C(N)C1=NC(C(=O)NC(CC(C)C)C(=O)NC(CCC(=O)O)C(=O)NC(C(=O)NC2CCCCNC(=O)C(CC(=O)O)NC(=O)C(CC(=O)O)NC(=O)C(Cc3cnc[nH]3)NC(=O)C(Cc3ccccc3)NC(=O)C(C(C)CC)NC(=O)C(CCCN)NC2=O)C(C)CC)SC1. The van der Waals surface area contributed by atoms with Gasteiger partial charge in [0.05, 0.1) is 19.2 Å². The number of carbonyl (C=O) groups is 14. The molecular weight excluding hydrogens is 1320 g/mol. The van der Waals surface area contributed by atoms with Crippen molar-refractivity contribution < 1.29 is 82.4 Å². The quantitative estimate of drug-likeness (QED) is 0.0427. The van der Waals surface area contributed by atoms with Crippen LogP contribution in [0.15, 0.2) is 47.8 Å². The molecule has 2 aliphatic heterocycles. The molecule has 3 heterocycles. The van der Waals surface area contributed by atoms with Crippen LogP contribution in [0.25, 0.3) is 0 Å². The molecule has 11 amide bonds. The summed E-state index contributed by atoms with van der Waals surface area (Å²) in [5.74, 6) is -16.1. The number of thioether (sulfide) groups is 1. The van der Waals surface area contributed by atoms with E-state index in [0.717, 1.165) is 6.42 Å². The second-order valence-electron chi connectivity index (χ2n) is 25.9. The first-order valence-electron chi connectivity index (χ1n) is 34.0. The second-order valence-corrected chi connectivity index (χ2v) is 26.9. The van der Waals surface area contributed by atoms with Crippen molar-refractivity contribution in [1.82, 2.24) is 68.5 Å². The highest BCUT2D eigenvalue weighted by Gasteiger charge is 2.40. The van der Waals surface area contributed by atoms with Crippen LogP contribution in [-0.4, -0.2) is 205 Å². The van der Waals surface area contributed by atoms with Gasteiger partial charge in [-0.25, -0.2) is 4.98 Å². The van der Waals surface area contributed by atoms with Crippen LogP contribution in [0.2, 0.25) is 0 Å². The molecule has 100 heavy (non-hydrogen) atoms. The minimum Gasteiger partial charge on any atom is -0.481 e. The standard InChI is InChI=1S/C66H102N16O17S/c1-9-35(6)52(68)48-32-100-66(80-48)65(99)79-43(26-34(4)5)59(93)73-42(22-23-49(83)84)58(92)82-53(36(7)10-2)63(97)74-40-20-15-16-25-70-55(89)46(29-50(85)86)76-62(96)47(30-51(87)88)77-61(95)45(28-39-31-69-33-71-39)75-60(94)44(27-38-18-13-12-14-19-38)78-64(98)54(37(8)11-3)81-57(91)41(21-17-24-67)72-56(40)90/h12-14,18-19,31,33-37,40-47,52-54,66H,9-11,15-17,20-30,32,67-68H2,1-8H3,(H,69,71)(H,70,89)(H,72,90)(H,73,93)(H,74,97)(H,75,94)(H,76,96)(H,77,95)(H,78,98)(H,79,99)(H,81,91)(H,82,92)(H,83,84)(H,85,86)(H,87,88). The molecule has 19 N–H and O–H groups in total. The lowest BCUT2D eigenvalue weighted by Gasteiger charge is -2.30. The molecule has 0 radical (unpaired) electrons. The Hall–Kier alpha value is -9.05. The van der Waals surface area contributed by atoms with E-state index in [0.29, 0.717) is 17.0 Å². The number of rotatable bonds is 31. The van der Waals surface area contributed by atoms with Gasteiger partial charge in [-0.2, -0.15) is 0 Å². The number of hydrogen-bond donors (Lipinski definition) is 17. The number of H-pyrrole nitrogens is 1. The summed E-state index contributed by atoms with van der Waals surface area (Å²) in [6.45, 7) is 14.0. The molecule has 0 bridgehead atoms. The van der Waals surface area contributed by atoms with Crippen molar-refractivity contribution in [2.45, 2.75) is 224 Å². The van der Waals surface area contributed by atoms with Crippen molar-refractivity contribution in [1.29, 1.82) is 0 Å². The van der Waals surface area contributed by atoms with Gasteiger partial charge in [-0.3, -0.25) is 72.1 Å². The summed E-state index contributed by atoms with van der Waals surface area (Å²) in [5, 5.41) is 57.1. The number of nitrogens with one attached hydrogen (secondary N) is 12. The highest BCUT2D eigenvalue weighted by molar-refractivity contribution is 8.01. The fraction of sp³-hybridized carbons (Fsp3) is 0.636. The summed E-state index contributed by atoms with van der Waals surface area (Å²) in [7, 11) is 0. The third-order valence-corrected chi connectivity index (χ3v) is 18.6. The minimum atomic E-state index is -1.98. The van der Waals surface area contributed by atoms with Gasteiger partial charge >= 0.3 is 17.9 Å². The van der Waals surface area contributed by atoms with E-state index in [9.17, 15) is 82.4 Å². The molecule has 33 nitrogen and oxygen atoms in total. The number of hydrogen-bond acceptors (Lipinski definition) is 19. The lowest BCUT2D eigenvalue weighted by atomic mass is 9.96. The molecule has 0 aliphatic carbocycles. The fourth-order valence-corrected chi connectivity index (χ4v) is 11.9. The number of carboxylic acids is 3. The lowest BCUT2D eigenvalue weighted by Crippen LogP contribution is -2.62. The van der Waals surface area contributed by atoms with Crippen LogP contribution in [0.3, 0.4) is 0 Å². The van der Waals surface area contributed by atoms with Crippen molar-refractivity contribution >= 4 is 100 Å². The first-order valence-corrected chi connectivity index (χ1v) is 35.1. The number of benzene rings is 1. The predicted molar refractivity (Wildman–Crippen MR) is 368 cm³/mol. The van der Waals surface area contributed by atoms with E-state index in [2.05, 4.69) is 73.4 Å². The smallest absolute Gasteiger partial charge is 0.305 e. The maximum absolute atomic E-state index is 14.9. The third kappa shape index (κ3) is 27.6. The van der Waals surface area contributed by atoms with Crippen molar-refractivity contribution in [2.75, 3.05) is 18.8 Å². The van der Waals surface area contributed by atoms with Gasteiger partial charge in [-0.15, -0.1) is 11.8 Å². The normalized spacial score (nSPS) is 23.1. The molecule has 1 aromatic heterocycles. The average molecular weight is 1420 g/mol. The molecule has 15 atom stereocenters. The summed E-state index contributed by atoms with van der Waals surface area (Å²) in [6.07, 6.45) is -0.0604. The van der Waals surface area contributed by atoms with Crippen LogP contribution >= 0.6 is 11.8 Å². The minimum absolute atomic E-state index is 0.0107. The highest BCUT2D eigenvalue weighted by atomic mass is 32.2. The van der Waals surface area contributed by atoms with Gasteiger partial charge in [0, 0.05) is 55.2 Å². The number of aromatic nitrogens is 2. The first kappa shape index (κ1) is 83.4. The van der Waals surface area contributed by atoms with Gasteiger partial charge in [0.15, 0.2) is 5.37 Å². The number of nitrogens with two attached hydrogens (primary N) is 2. The van der Waals surface area contributed by atoms with E-state index in [1.54, 1.807) is 71.9 Å². The topological polar surface area (TPSA) is 525 Å². The molecule has 2 aliphatic rings. The Balaban J connectivity index is 1.77. The first-order chi connectivity index (χ1) is 47.4. The zero-order chi connectivity index (χ0) is 74.3. The molecular formula is C66H102N16O17S. The Kier molecular flexibility index (Phi) is 35.1. The van der Waals surface area contributed by atoms with Gasteiger partial charge in [0.2, 0.25) is 59.1 Å². The predicted octanol–water partition coefficient (Wildman–Crippen LogP) is -1.08. The van der Waals surface area contributed by atoms with Crippen molar-refractivity contribution in [2.24, 2.45) is 40.1 Å². The van der Waals surface area contributed by atoms with E-state index in [1.165, 1.54) is 24.3 Å². The number of aromatic amines is 1. The largest absolute Gasteiger partial charge is 0.481 e. The molecule has 0 spiro atoms. The Morgan fingerprint density at radius 3 is 1.80 bits per heavy atom. The Morgan fingerprint density at radius 2 is 1.22 bits per heavy atom. The van der Waals surface area contributed by atoms with Crippen LogP contribution in [0.1, 0.15) is 150 Å². The summed E-state index contributed by atoms with van der Waals surface area (Å²) in [6, 6.07) is -7.76. The maximum atomic E-state index is 14.9. The van der Waals surface area contributed by atoms with Crippen molar-refractivity contribution in [3.05, 3.63) is 54.1 Å². The summed E-state index contributed by atoms with van der Waals surface area (Å²) in [5.41, 5.74) is 13.8. The Bertz CT molecular complexity index is 3160. The number of nitrogens with zero attached hydrogens (tertiary/aromatic N) is 2. The van der Waals surface area contributed by atoms with E-state index in [4.69, 9.17) is 11.5 Å². The number of aliphatic imine (C=N–C) groups is 1. The van der Waals surface area contributed by atoms with Gasteiger partial charge in [0.25, 0.3) is 5.91 Å². The van der Waals surface area contributed by atoms with E-state index in [-0.39, 0.29) is 101 Å². The molecule has 1 aromatic carbocycles. The van der Waals surface area contributed by atoms with Crippen molar-refractivity contribution in [3.8, 4) is 0 Å². The zero-order valence-corrected chi connectivity index (χ0v) is 58.8. The molecule has 554 valence electrons. The van der Waals surface area contributed by atoms with Crippen LogP contribution < -0.4 is 70.0 Å². The van der Waals surface area contributed by atoms with Crippen LogP contribution in [-0.2, 0) is 80.0 Å². The zero-order valence-electron chi connectivity index (χ0n) is 58.0. The summed E-state index contributed by atoms with van der Waals surface area (Å²) >= 11 is 1.23. The number of aliphatic carboxylic acids is 3. The van der Waals surface area contributed by atoms with E-state index < -0.39 is 186 Å². The third-order valence-electron chi connectivity index (χ3n) is 17.5. The molecule has 34 heteroatoms. The number of carbonyl (C=O) groups excluding carboxylic acids is 11. The molecule has 1 fully saturated rings. The van der Waals surface area contributed by atoms with Crippen LogP contribution in [0.5, 0.6) is 0 Å². The van der Waals surface area contributed by atoms with Gasteiger partial charge < -0.3 is 90.3 Å². The molecule has 0 saturated carbocycles. The Morgan fingerprint density at radius 1 is 0.640 bits per heavy atom. The van der Waals surface area contributed by atoms with Gasteiger partial charge in [-0.05, 0) is 80.7 Å². The van der Waals surface area contributed by atoms with E-state index in [1.807, 2.05) is 13.8 Å². The second kappa shape index (κ2) is 42.1. The maximum Gasteiger partial charge on any atom is 0.305 e. The molecule has 1 saturated heterocycles. The monoisotopic (exact) mass is 1420 g/mol. The van der Waals surface area contributed by atoms with Crippen molar-refractivity contribution in [3.63, 3.8) is 0 Å².